The molecule has 2 aliphatic heterocycles. The second kappa shape index (κ2) is 7.68. The maximum Gasteiger partial charge on any atom is 0.321 e. The van der Waals surface area contributed by atoms with Crippen molar-refractivity contribution in [2.45, 2.75) is 57.5 Å². The fraction of sp³-hybridized carbons (Fsp3) is 0.632. The third-order valence-electron chi connectivity index (χ3n) is 5.29. The van der Waals surface area contributed by atoms with Gasteiger partial charge < -0.3 is 10.2 Å². The molecule has 1 aromatic carbocycles. The van der Waals surface area contributed by atoms with Crippen LogP contribution in [0.3, 0.4) is 0 Å². The SMILES string of the molecule is C[C@H]1CCCCN1Cc1cccc(NC(=O)N2CCC(F)(F)CC2)c1. The van der Waals surface area contributed by atoms with Crippen LogP contribution in [0, 0.1) is 0 Å². The van der Waals surface area contributed by atoms with Crippen molar-refractivity contribution in [3.05, 3.63) is 29.8 Å². The van der Waals surface area contributed by atoms with Crippen LogP contribution in [0.5, 0.6) is 0 Å². The number of urea groups is 1. The van der Waals surface area contributed by atoms with Crippen LogP contribution in [0.2, 0.25) is 0 Å². The van der Waals surface area contributed by atoms with Crippen molar-refractivity contribution in [2.75, 3.05) is 25.0 Å². The van der Waals surface area contributed by atoms with Crippen molar-refractivity contribution in [3.8, 4) is 0 Å². The van der Waals surface area contributed by atoms with E-state index in [1.165, 1.54) is 24.2 Å². The summed E-state index contributed by atoms with van der Waals surface area (Å²) in [5, 5.41) is 2.85. The molecule has 0 aliphatic carbocycles. The Hall–Kier alpha value is -1.69. The lowest BCUT2D eigenvalue weighted by Gasteiger charge is -2.33. The second-order valence-corrected chi connectivity index (χ2v) is 7.29. The highest BCUT2D eigenvalue weighted by atomic mass is 19.3. The van der Waals surface area contributed by atoms with E-state index in [4.69, 9.17) is 0 Å². The summed E-state index contributed by atoms with van der Waals surface area (Å²) in [6, 6.07) is 8.13. The summed E-state index contributed by atoms with van der Waals surface area (Å²) in [5.41, 5.74) is 1.89. The number of alkyl halides is 2. The van der Waals surface area contributed by atoms with Crippen LogP contribution >= 0.6 is 0 Å². The van der Waals surface area contributed by atoms with Gasteiger partial charge in [-0.15, -0.1) is 0 Å². The summed E-state index contributed by atoms with van der Waals surface area (Å²) in [5.74, 6) is -2.64. The zero-order valence-electron chi connectivity index (χ0n) is 14.8. The molecule has 0 bridgehead atoms. The van der Waals surface area contributed by atoms with Gasteiger partial charge in [-0.3, -0.25) is 4.90 Å². The Morgan fingerprint density at radius 1 is 1.24 bits per heavy atom. The molecule has 3 rings (SSSR count). The molecule has 2 aliphatic rings. The standard InChI is InChI=1S/C19H27F2N3O/c1-15-5-2-3-10-24(15)14-16-6-4-7-17(13-16)22-18(25)23-11-8-19(20,21)9-12-23/h4,6-7,13,15H,2-3,5,8-12,14H2,1H3,(H,22,25)/t15-/m0/s1. The van der Waals surface area contributed by atoms with Gasteiger partial charge in [0.05, 0.1) is 0 Å². The number of likely N-dealkylation sites (tertiary alicyclic amines) is 2. The van der Waals surface area contributed by atoms with Crippen molar-refractivity contribution < 1.29 is 13.6 Å². The van der Waals surface area contributed by atoms with Crippen LogP contribution in [0.25, 0.3) is 0 Å². The van der Waals surface area contributed by atoms with Crippen molar-refractivity contribution in [3.63, 3.8) is 0 Å². The molecule has 0 aromatic heterocycles. The summed E-state index contributed by atoms with van der Waals surface area (Å²) < 4.78 is 26.4. The molecule has 138 valence electrons. The van der Waals surface area contributed by atoms with Crippen molar-refractivity contribution >= 4 is 11.7 Å². The first-order valence-corrected chi connectivity index (χ1v) is 9.20. The van der Waals surface area contributed by atoms with E-state index >= 15 is 0 Å². The Morgan fingerprint density at radius 3 is 2.72 bits per heavy atom. The van der Waals surface area contributed by atoms with E-state index in [-0.39, 0.29) is 32.0 Å². The van der Waals surface area contributed by atoms with Gasteiger partial charge in [0.1, 0.15) is 0 Å². The summed E-state index contributed by atoms with van der Waals surface area (Å²) in [6.07, 6.45) is 3.25. The van der Waals surface area contributed by atoms with Gasteiger partial charge in [0, 0.05) is 44.2 Å². The summed E-state index contributed by atoms with van der Waals surface area (Å²) in [4.78, 5) is 16.2. The molecule has 0 spiro atoms. The quantitative estimate of drug-likeness (QED) is 0.880. The fourth-order valence-electron chi connectivity index (χ4n) is 3.61. The molecule has 0 unspecified atom stereocenters. The number of anilines is 1. The molecular weight excluding hydrogens is 324 g/mol. The van der Waals surface area contributed by atoms with Gasteiger partial charge in [-0.1, -0.05) is 18.6 Å². The Balaban J connectivity index is 1.57. The molecular formula is C19H27F2N3O. The predicted molar refractivity (Wildman–Crippen MR) is 94.9 cm³/mol. The second-order valence-electron chi connectivity index (χ2n) is 7.29. The third-order valence-corrected chi connectivity index (χ3v) is 5.29. The van der Waals surface area contributed by atoms with E-state index in [1.54, 1.807) is 0 Å². The van der Waals surface area contributed by atoms with Crippen molar-refractivity contribution in [2.24, 2.45) is 0 Å². The maximum absolute atomic E-state index is 13.2. The predicted octanol–water partition coefficient (Wildman–Crippen LogP) is 4.32. The minimum atomic E-state index is -2.64. The number of hydrogen-bond donors (Lipinski definition) is 1. The lowest BCUT2D eigenvalue weighted by Crippen LogP contribution is -2.44. The number of halogens is 2. The van der Waals surface area contributed by atoms with E-state index in [2.05, 4.69) is 23.2 Å². The minimum absolute atomic E-state index is 0.101. The fourth-order valence-corrected chi connectivity index (χ4v) is 3.61. The van der Waals surface area contributed by atoms with Gasteiger partial charge in [-0.2, -0.15) is 0 Å². The lowest BCUT2D eigenvalue weighted by atomic mass is 10.0. The molecule has 0 saturated carbocycles. The largest absolute Gasteiger partial charge is 0.324 e. The van der Waals surface area contributed by atoms with Crippen LogP contribution in [0.1, 0.15) is 44.6 Å². The molecule has 25 heavy (non-hydrogen) atoms. The number of carbonyl (C=O) groups is 1. The van der Waals surface area contributed by atoms with E-state index < -0.39 is 5.92 Å². The zero-order chi connectivity index (χ0) is 17.9. The van der Waals surface area contributed by atoms with Gasteiger partial charge >= 0.3 is 6.03 Å². The summed E-state index contributed by atoms with van der Waals surface area (Å²) in [6.45, 7) is 4.45. The number of piperidine rings is 2. The van der Waals surface area contributed by atoms with E-state index in [0.717, 1.165) is 24.3 Å². The van der Waals surface area contributed by atoms with Crippen LogP contribution < -0.4 is 5.32 Å². The molecule has 2 fully saturated rings. The Labute approximate surface area is 148 Å². The van der Waals surface area contributed by atoms with E-state index in [1.807, 2.05) is 18.2 Å². The molecule has 2 heterocycles. The molecule has 1 atom stereocenters. The van der Waals surface area contributed by atoms with E-state index in [9.17, 15) is 13.6 Å². The maximum atomic E-state index is 13.2. The number of benzene rings is 1. The first kappa shape index (κ1) is 18.1. The van der Waals surface area contributed by atoms with Gasteiger partial charge in [0.15, 0.2) is 0 Å². The summed E-state index contributed by atoms with van der Waals surface area (Å²) in [7, 11) is 0. The Kier molecular flexibility index (Phi) is 5.57. The van der Waals surface area contributed by atoms with Gasteiger partial charge in [0.2, 0.25) is 0 Å². The molecule has 2 saturated heterocycles. The molecule has 2 amide bonds. The average Bonchev–Trinajstić information content (AvgIpc) is 2.57. The highest BCUT2D eigenvalue weighted by Crippen LogP contribution is 2.28. The number of hydrogen-bond acceptors (Lipinski definition) is 2. The monoisotopic (exact) mass is 351 g/mol. The molecule has 6 heteroatoms. The van der Waals surface area contributed by atoms with Gasteiger partial charge in [-0.05, 0) is 44.0 Å². The lowest BCUT2D eigenvalue weighted by molar-refractivity contribution is -0.0461. The van der Waals surface area contributed by atoms with E-state index in [0.29, 0.717) is 6.04 Å². The number of amides is 2. The highest BCUT2D eigenvalue weighted by Gasteiger charge is 2.35. The van der Waals surface area contributed by atoms with Crippen LogP contribution in [-0.4, -0.2) is 47.4 Å². The number of rotatable bonds is 3. The van der Waals surface area contributed by atoms with Gasteiger partial charge in [0.25, 0.3) is 5.92 Å². The topological polar surface area (TPSA) is 35.6 Å². The normalized spacial score (nSPS) is 24.1. The molecule has 0 radical (unpaired) electrons. The zero-order valence-corrected chi connectivity index (χ0v) is 14.8. The van der Waals surface area contributed by atoms with Gasteiger partial charge in [-0.25, -0.2) is 13.6 Å². The Bertz CT molecular complexity index is 598. The molecule has 1 N–H and O–H groups in total. The van der Waals surface area contributed by atoms with Crippen molar-refractivity contribution in [1.29, 1.82) is 0 Å². The number of nitrogens with one attached hydrogen (secondary N) is 1. The molecule has 4 nitrogen and oxygen atoms in total. The van der Waals surface area contributed by atoms with Crippen molar-refractivity contribution in [1.82, 2.24) is 9.80 Å². The highest BCUT2D eigenvalue weighted by molar-refractivity contribution is 5.89. The Morgan fingerprint density at radius 2 is 2.00 bits per heavy atom. The van der Waals surface area contributed by atoms with Crippen LogP contribution in [0.15, 0.2) is 24.3 Å². The average molecular weight is 351 g/mol. The molecule has 1 aromatic rings. The number of nitrogens with zero attached hydrogens (tertiary/aromatic N) is 2. The first-order valence-electron chi connectivity index (χ1n) is 9.20. The van der Waals surface area contributed by atoms with Crippen LogP contribution in [-0.2, 0) is 6.54 Å². The minimum Gasteiger partial charge on any atom is -0.324 e. The smallest absolute Gasteiger partial charge is 0.321 e. The van der Waals surface area contributed by atoms with Crippen LogP contribution in [0.4, 0.5) is 19.3 Å². The number of carbonyl (C=O) groups excluding carboxylic acids is 1. The first-order chi connectivity index (χ1) is 11.9. The third kappa shape index (κ3) is 4.91. The summed E-state index contributed by atoms with van der Waals surface area (Å²) >= 11 is 0.